The number of hydrogen-bond acceptors (Lipinski definition) is 3. The normalized spacial score (nSPS) is 10.3. The number of carbonyl (C=O) groups excluding carboxylic acids is 2. The van der Waals surface area contributed by atoms with Crippen molar-refractivity contribution in [2.24, 2.45) is 0 Å². The zero-order valence-corrected chi connectivity index (χ0v) is 14.9. The van der Waals surface area contributed by atoms with Crippen LogP contribution in [0.3, 0.4) is 0 Å². The molecule has 0 spiro atoms. The molecule has 3 aromatic carbocycles. The highest BCUT2D eigenvalue weighted by Crippen LogP contribution is 2.25. The minimum atomic E-state index is -1.70. The van der Waals surface area contributed by atoms with Crippen molar-refractivity contribution in [3.63, 3.8) is 0 Å². The van der Waals surface area contributed by atoms with E-state index in [1.807, 2.05) is 6.07 Å². The van der Waals surface area contributed by atoms with Gasteiger partial charge in [0.1, 0.15) is 11.5 Å². The first-order chi connectivity index (χ1) is 14.0. The standard InChI is InChI=1S/C21H15F3N2O3/c22-15-10-11-16(20(24)19(15)23)26-18(27)12-25-21(28)14-8-4-5-9-17(14)29-13-6-2-1-3-7-13/h1-11H,12H2,(H,25,28)(H,26,27). The lowest BCUT2D eigenvalue weighted by atomic mass is 10.2. The topological polar surface area (TPSA) is 67.4 Å². The van der Waals surface area contributed by atoms with Crippen LogP contribution in [0.4, 0.5) is 18.9 Å². The average molecular weight is 400 g/mol. The summed E-state index contributed by atoms with van der Waals surface area (Å²) in [6, 6.07) is 16.8. The lowest BCUT2D eigenvalue weighted by Gasteiger charge is -2.12. The van der Waals surface area contributed by atoms with Crippen molar-refractivity contribution in [2.45, 2.75) is 0 Å². The summed E-state index contributed by atoms with van der Waals surface area (Å²) in [5.74, 6) is -5.20. The molecule has 0 bridgehead atoms. The zero-order valence-electron chi connectivity index (χ0n) is 14.9. The smallest absolute Gasteiger partial charge is 0.255 e. The molecular weight excluding hydrogens is 385 g/mol. The fraction of sp³-hybridized carbons (Fsp3) is 0.0476. The minimum absolute atomic E-state index is 0.183. The molecule has 5 nitrogen and oxygen atoms in total. The van der Waals surface area contributed by atoms with Gasteiger partial charge >= 0.3 is 0 Å². The van der Waals surface area contributed by atoms with Crippen LogP contribution in [0.25, 0.3) is 0 Å². The molecule has 0 radical (unpaired) electrons. The van der Waals surface area contributed by atoms with Crippen LogP contribution in [-0.2, 0) is 4.79 Å². The van der Waals surface area contributed by atoms with Crippen LogP contribution in [0, 0.1) is 17.5 Å². The molecule has 0 atom stereocenters. The summed E-state index contributed by atoms with van der Waals surface area (Å²) in [6.07, 6.45) is 0. The third kappa shape index (κ3) is 4.92. The second kappa shape index (κ2) is 8.92. The van der Waals surface area contributed by atoms with Gasteiger partial charge < -0.3 is 15.4 Å². The van der Waals surface area contributed by atoms with E-state index in [1.54, 1.807) is 42.5 Å². The van der Waals surface area contributed by atoms with Gasteiger partial charge in [-0.1, -0.05) is 30.3 Å². The van der Waals surface area contributed by atoms with E-state index in [0.717, 1.165) is 6.07 Å². The lowest BCUT2D eigenvalue weighted by molar-refractivity contribution is -0.115. The molecule has 8 heteroatoms. The van der Waals surface area contributed by atoms with Crippen LogP contribution in [0.2, 0.25) is 0 Å². The SMILES string of the molecule is O=C(CNC(=O)c1ccccc1Oc1ccccc1)Nc1ccc(F)c(F)c1F. The molecule has 0 fully saturated rings. The fourth-order valence-electron chi connectivity index (χ4n) is 2.43. The van der Waals surface area contributed by atoms with Crippen molar-refractivity contribution in [3.8, 4) is 11.5 Å². The molecule has 29 heavy (non-hydrogen) atoms. The van der Waals surface area contributed by atoms with E-state index in [1.165, 1.54) is 6.07 Å². The van der Waals surface area contributed by atoms with Gasteiger partial charge in [-0.3, -0.25) is 9.59 Å². The molecule has 2 N–H and O–H groups in total. The van der Waals surface area contributed by atoms with Crippen LogP contribution >= 0.6 is 0 Å². The predicted molar refractivity (Wildman–Crippen MR) is 100 cm³/mol. The Balaban J connectivity index is 1.64. The Labute approximate surface area is 164 Å². The Bertz CT molecular complexity index is 1040. The molecule has 3 rings (SSSR count). The van der Waals surface area contributed by atoms with Gasteiger partial charge in [-0.05, 0) is 36.4 Å². The van der Waals surface area contributed by atoms with Crippen molar-refractivity contribution >= 4 is 17.5 Å². The van der Waals surface area contributed by atoms with Gasteiger partial charge in [0.25, 0.3) is 5.91 Å². The van der Waals surface area contributed by atoms with E-state index in [2.05, 4.69) is 10.6 Å². The summed E-state index contributed by atoms with van der Waals surface area (Å²) < 4.78 is 45.4. The monoisotopic (exact) mass is 400 g/mol. The van der Waals surface area contributed by atoms with Crippen molar-refractivity contribution in [1.82, 2.24) is 5.32 Å². The zero-order chi connectivity index (χ0) is 20.8. The van der Waals surface area contributed by atoms with Crippen LogP contribution in [0.1, 0.15) is 10.4 Å². The van der Waals surface area contributed by atoms with Crippen molar-refractivity contribution in [1.29, 1.82) is 0 Å². The Morgan fingerprint density at radius 3 is 2.28 bits per heavy atom. The quantitative estimate of drug-likeness (QED) is 0.608. The molecule has 0 saturated heterocycles. The number of ether oxygens (including phenoxy) is 1. The Morgan fingerprint density at radius 1 is 0.828 bits per heavy atom. The summed E-state index contributed by atoms with van der Waals surface area (Å²) in [4.78, 5) is 24.4. The Hall–Kier alpha value is -3.81. The average Bonchev–Trinajstić information content (AvgIpc) is 2.73. The van der Waals surface area contributed by atoms with Crippen LogP contribution in [0.15, 0.2) is 66.7 Å². The van der Waals surface area contributed by atoms with Gasteiger partial charge in [-0.25, -0.2) is 13.2 Å². The van der Waals surface area contributed by atoms with Crippen molar-refractivity contribution in [2.75, 3.05) is 11.9 Å². The van der Waals surface area contributed by atoms with E-state index in [0.29, 0.717) is 11.8 Å². The molecule has 0 heterocycles. The largest absolute Gasteiger partial charge is 0.457 e. The molecule has 148 valence electrons. The van der Waals surface area contributed by atoms with Crippen LogP contribution in [-0.4, -0.2) is 18.4 Å². The van der Waals surface area contributed by atoms with E-state index in [9.17, 15) is 22.8 Å². The number of nitrogens with one attached hydrogen (secondary N) is 2. The number of halogens is 3. The van der Waals surface area contributed by atoms with E-state index in [4.69, 9.17) is 4.74 Å². The summed E-state index contributed by atoms with van der Waals surface area (Å²) in [6.45, 7) is -0.517. The number of hydrogen-bond donors (Lipinski definition) is 2. The second-order valence-electron chi connectivity index (χ2n) is 5.87. The molecular formula is C21H15F3N2O3. The first-order valence-corrected chi connectivity index (χ1v) is 8.49. The number of para-hydroxylation sites is 2. The van der Waals surface area contributed by atoms with E-state index >= 15 is 0 Å². The Morgan fingerprint density at radius 2 is 1.52 bits per heavy atom. The highest BCUT2D eigenvalue weighted by atomic mass is 19.2. The summed E-state index contributed by atoms with van der Waals surface area (Å²) in [7, 11) is 0. The lowest BCUT2D eigenvalue weighted by Crippen LogP contribution is -2.33. The second-order valence-corrected chi connectivity index (χ2v) is 5.87. The maximum Gasteiger partial charge on any atom is 0.255 e. The maximum atomic E-state index is 13.6. The third-order valence-electron chi connectivity index (χ3n) is 3.82. The van der Waals surface area contributed by atoms with Gasteiger partial charge in [-0.15, -0.1) is 0 Å². The van der Waals surface area contributed by atoms with Crippen LogP contribution < -0.4 is 15.4 Å². The van der Waals surface area contributed by atoms with Gasteiger partial charge in [-0.2, -0.15) is 0 Å². The molecule has 0 aliphatic heterocycles. The van der Waals surface area contributed by atoms with Gasteiger partial charge in [0.2, 0.25) is 5.91 Å². The molecule has 3 aromatic rings. The first-order valence-electron chi connectivity index (χ1n) is 8.49. The van der Waals surface area contributed by atoms with Crippen LogP contribution in [0.5, 0.6) is 11.5 Å². The first kappa shape index (κ1) is 19.9. The van der Waals surface area contributed by atoms with E-state index in [-0.39, 0.29) is 11.3 Å². The van der Waals surface area contributed by atoms with Gasteiger partial charge in [0.15, 0.2) is 17.5 Å². The maximum absolute atomic E-state index is 13.6. The molecule has 0 aromatic heterocycles. The summed E-state index contributed by atoms with van der Waals surface area (Å²) >= 11 is 0. The van der Waals surface area contributed by atoms with Gasteiger partial charge in [0.05, 0.1) is 17.8 Å². The van der Waals surface area contributed by atoms with Crippen molar-refractivity contribution in [3.05, 3.63) is 89.7 Å². The number of anilines is 1. The number of rotatable bonds is 6. The summed E-state index contributed by atoms with van der Waals surface area (Å²) in [5.41, 5.74) is -0.348. The molecule has 0 aliphatic carbocycles. The molecule has 0 saturated carbocycles. The fourth-order valence-corrected chi connectivity index (χ4v) is 2.43. The van der Waals surface area contributed by atoms with E-state index < -0.39 is 41.5 Å². The highest BCUT2D eigenvalue weighted by molar-refractivity contribution is 6.00. The summed E-state index contributed by atoms with van der Waals surface area (Å²) in [5, 5.41) is 4.44. The minimum Gasteiger partial charge on any atom is -0.457 e. The third-order valence-corrected chi connectivity index (χ3v) is 3.82. The van der Waals surface area contributed by atoms with Gasteiger partial charge in [0, 0.05) is 0 Å². The number of benzene rings is 3. The molecule has 0 aliphatic rings. The molecule has 0 unspecified atom stereocenters. The van der Waals surface area contributed by atoms with Crippen molar-refractivity contribution < 1.29 is 27.5 Å². The number of carbonyl (C=O) groups is 2. The molecule has 2 amide bonds. The predicted octanol–water partition coefficient (Wildman–Crippen LogP) is 4.26. The highest BCUT2D eigenvalue weighted by Gasteiger charge is 2.17. The number of amides is 2. The Kier molecular flexibility index (Phi) is 6.13.